The number of carbonyl (C=O) groups excluding carboxylic acids is 1. The molecule has 2 bridgehead atoms. The first-order valence-corrected chi connectivity index (χ1v) is 9.31. The fourth-order valence-electron chi connectivity index (χ4n) is 4.87. The third-order valence-corrected chi connectivity index (χ3v) is 6.01. The van der Waals surface area contributed by atoms with Crippen molar-refractivity contribution in [1.82, 2.24) is 15.0 Å². The predicted molar refractivity (Wildman–Crippen MR) is 95.3 cm³/mol. The monoisotopic (exact) mass is 402 g/mol. The van der Waals surface area contributed by atoms with E-state index >= 15 is 0 Å². The summed E-state index contributed by atoms with van der Waals surface area (Å²) in [4.78, 5) is 20.6. The molecule has 6 rings (SSSR count). The quantitative estimate of drug-likeness (QED) is 0.769. The van der Waals surface area contributed by atoms with E-state index in [1.54, 1.807) is 6.21 Å². The summed E-state index contributed by atoms with van der Waals surface area (Å²) < 4.78 is 45.6. The maximum Gasteiger partial charge on any atom is 0.316 e. The van der Waals surface area contributed by atoms with E-state index in [4.69, 9.17) is 4.74 Å². The number of hydrazone groups is 1. The predicted octanol–water partition coefficient (Wildman–Crippen LogP) is 3.40. The number of carbonyl (C=O) groups is 1. The van der Waals surface area contributed by atoms with Crippen molar-refractivity contribution in [2.75, 3.05) is 6.61 Å². The van der Waals surface area contributed by atoms with Gasteiger partial charge in [0.1, 0.15) is 11.6 Å². The number of ether oxygens (including phenoxy) is 1. The topological polar surface area (TPSA) is 67.7 Å². The Kier molecular flexibility index (Phi) is 3.91. The number of amides is 1. The van der Waals surface area contributed by atoms with Crippen LogP contribution < -0.4 is 4.74 Å². The molecule has 4 aliphatic rings. The summed E-state index contributed by atoms with van der Waals surface area (Å²) in [5.74, 6) is -2.01. The highest BCUT2D eigenvalue weighted by atomic mass is 19.1. The number of rotatable bonds is 5. The Bertz CT molecular complexity index is 971. The maximum atomic E-state index is 13.6. The molecule has 1 aromatic heterocycles. The molecule has 0 radical (unpaired) electrons. The Morgan fingerprint density at radius 2 is 1.72 bits per heavy atom. The number of benzene rings is 1. The molecule has 0 N–H and O–H groups in total. The minimum atomic E-state index is -0.677. The second-order valence-electron chi connectivity index (χ2n) is 8.19. The molecule has 0 spiro atoms. The van der Waals surface area contributed by atoms with Crippen molar-refractivity contribution in [3.8, 4) is 6.01 Å². The van der Waals surface area contributed by atoms with Crippen LogP contribution in [-0.2, 0) is 4.79 Å². The van der Waals surface area contributed by atoms with Gasteiger partial charge < -0.3 is 4.74 Å². The van der Waals surface area contributed by atoms with Gasteiger partial charge in [0.05, 0.1) is 30.5 Å². The summed E-state index contributed by atoms with van der Waals surface area (Å²) in [7, 11) is 0. The molecule has 1 aliphatic heterocycles. The summed E-state index contributed by atoms with van der Waals surface area (Å²) in [6.45, 7) is 0.357. The summed E-state index contributed by atoms with van der Waals surface area (Å²) in [6.07, 6.45) is 6.04. The minimum absolute atomic E-state index is 0.105. The second kappa shape index (κ2) is 6.27. The highest BCUT2D eigenvalue weighted by Gasteiger charge is 2.73. The number of hydrogen-bond donors (Lipinski definition) is 0. The van der Waals surface area contributed by atoms with E-state index in [0.29, 0.717) is 37.9 Å². The molecule has 1 amide bonds. The number of halogens is 3. The van der Waals surface area contributed by atoms with Crippen LogP contribution in [0.2, 0.25) is 0 Å². The van der Waals surface area contributed by atoms with Gasteiger partial charge in [-0.15, -0.1) is 0 Å². The van der Waals surface area contributed by atoms with E-state index in [0.717, 1.165) is 18.5 Å². The second-order valence-corrected chi connectivity index (χ2v) is 8.19. The van der Waals surface area contributed by atoms with Gasteiger partial charge in [-0.25, -0.2) is 28.1 Å². The first kappa shape index (κ1) is 18.1. The number of hydrogen-bond acceptors (Lipinski definition) is 5. The molecule has 6 nitrogen and oxygen atoms in total. The molecule has 3 fully saturated rings. The lowest BCUT2D eigenvalue weighted by Gasteiger charge is -2.69. The lowest BCUT2D eigenvalue weighted by atomic mass is 9.35. The Hall–Kier alpha value is -2.97. The molecule has 9 heteroatoms. The lowest BCUT2D eigenvalue weighted by Crippen LogP contribution is -2.69. The van der Waals surface area contributed by atoms with Gasteiger partial charge in [-0.2, -0.15) is 5.10 Å². The Labute approximate surface area is 164 Å². The molecule has 1 aromatic carbocycles. The van der Waals surface area contributed by atoms with Crippen LogP contribution in [0.25, 0.3) is 0 Å². The van der Waals surface area contributed by atoms with Crippen LogP contribution in [0.15, 0.2) is 35.7 Å². The van der Waals surface area contributed by atoms with Crippen molar-refractivity contribution in [3.63, 3.8) is 0 Å². The average molecular weight is 402 g/mol. The van der Waals surface area contributed by atoms with Gasteiger partial charge in [0.2, 0.25) is 5.91 Å². The fraction of sp³-hybridized carbons (Fsp3) is 0.400. The number of nitrogens with zero attached hydrogens (tertiary/aromatic N) is 4. The highest BCUT2D eigenvalue weighted by molar-refractivity contribution is 5.88. The van der Waals surface area contributed by atoms with Crippen molar-refractivity contribution in [2.45, 2.75) is 31.7 Å². The van der Waals surface area contributed by atoms with Gasteiger partial charge in [0, 0.05) is 24.1 Å². The molecule has 3 saturated carbocycles. The molecule has 1 unspecified atom stereocenters. The first-order chi connectivity index (χ1) is 13.9. The van der Waals surface area contributed by atoms with Gasteiger partial charge >= 0.3 is 6.01 Å². The van der Waals surface area contributed by atoms with Crippen molar-refractivity contribution < 1.29 is 22.7 Å². The smallest absolute Gasteiger partial charge is 0.316 e. The molecule has 150 valence electrons. The third-order valence-electron chi connectivity index (χ3n) is 6.01. The number of aromatic nitrogens is 2. The van der Waals surface area contributed by atoms with Crippen LogP contribution in [0.5, 0.6) is 6.01 Å². The maximum absolute atomic E-state index is 13.6. The molecule has 3 aliphatic carbocycles. The van der Waals surface area contributed by atoms with E-state index in [-0.39, 0.29) is 17.3 Å². The zero-order valence-corrected chi connectivity index (χ0v) is 15.3. The Morgan fingerprint density at radius 3 is 2.38 bits per heavy atom. The lowest BCUT2D eigenvalue weighted by molar-refractivity contribution is -0.227. The van der Waals surface area contributed by atoms with Crippen LogP contribution in [0.4, 0.5) is 13.2 Å². The molecular weight excluding hydrogens is 385 g/mol. The van der Waals surface area contributed by atoms with E-state index in [1.807, 2.05) is 0 Å². The van der Waals surface area contributed by atoms with Crippen molar-refractivity contribution in [2.24, 2.45) is 15.9 Å². The van der Waals surface area contributed by atoms with Crippen LogP contribution in [0, 0.1) is 28.3 Å². The minimum Gasteiger partial charge on any atom is -0.463 e. The van der Waals surface area contributed by atoms with Gasteiger partial charge in [-0.1, -0.05) is 0 Å². The molecule has 1 atom stereocenters. The Balaban J connectivity index is 1.23. The summed E-state index contributed by atoms with van der Waals surface area (Å²) in [6, 6.07) is 2.89. The van der Waals surface area contributed by atoms with Gasteiger partial charge in [0.25, 0.3) is 0 Å². The molecule has 2 aromatic rings. The first-order valence-electron chi connectivity index (χ1n) is 9.31. The summed E-state index contributed by atoms with van der Waals surface area (Å²) in [5.41, 5.74) is -0.220. The van der Waals surface area contributed by atoms with E-state index in [2.05, 4.69) is 15.1 Å². The largest absolute Gasteiger partial charge is 0.463 e. The average Bonchev–Trinajstić information content (AvgIpc) is 3.10. The highest BCUT2D eigenvalue weighted by Crippen LogP contribution is 2.74. The third kappa shape index (κ3) is 2.95. The normalized spacial score (nSPS) is 29.3. The Morgan fingerprint density at radius 1 is 1.07 bits per heavy atom. The SMILES string of the molecule is O=C(N1N=CCC1c1cc(F)cc(F)c1)C12CC(COc3ncc(F)cn3)(C1)C2. The van der Waals surface area contributed by atoms with Crippen molar-refractivity contribution >= 4 is 12.1 Å². The zero-order chi connectivity index (χ0) is 20.2. The summed E-state index contributed by atoms with van der Waals surface area (Å²) >= 11 is 0. The van der Waals surface area contributed by atoms with Gasteiger partial charge in [-0.05, 0) is 37.0 Å². The summed E-state index contributed by atoms with van der Waals surface area (Å²) in [5, 5.41) is 5.54. The van der Waals surface area contributed by atoms with Gasteiger partial charge in [-0.3, -0.25) is 4.79 Å². The van der Waals surface area contributed by atoms with Crippen LogP contribution in [0.3, 0.4) is 0 Å². The van der Waals surface area contributed by atoms with E-state index < -0.39 is 28.9 Å². The molecule has 0 saturated heterocycles. The van der Waals surface area contributed by atoms with Crippen molar-refractivity contribution in [1.29, 1.82) is 0 Å². The molecule has 2 heterocycles. The van der Waals surface area contributed by atoms with Gasteiger partial charge in [0.15, 0.2) is 5.82 Å². The van der Waals surface area contributed by atoms with E-state index in [1.165, 1.54) is 17.1 Å². The zero-order valence-electron chi connectivity index (χ0n) is 15.3. The van der Waals surface area contributed by atoms with Crippen LogP contribution >= 0.6 is 0 Å². The van der Waals surface area contributed by atoms with Crippen LogP contribution in [0.1, 0.15) is 37.3 Å². The van der Waals surface area contributed by atoms with Crippen molar-refractivity contribution in [3.05, 3.63) is 53.6 Å². The molecule has 29 heavy (non-hydrogen) atoms. The van der Waals surface area contributed by atoms with Crippen LogP contribution in [-0.4, -0.2) is 33.7 Å². The fourth-order valence-corrected chi connectivity index (χ4v) is 4.87. The molecular formula is C20H17F3N4O2. The standard InChI is InChI=1S/C20H17F3N4O2/c21-13-3-12(4-14(22)5-13)16-1-2-26-27(16)17(28)20-8-19(9-20,10-20)11-29-18-24-6-15(23)7-25-18/h2-7,16H,1,8-11H2. The van der Waals surface area contributed by atoms with E-state index in [9.17, 15) is 18.0 Å².